The van der Waals surface area contributed by atoms with Crippen molar-refractivity contribution in [3.05, 3.63) is 16.7 Å². The summed E-state index contributed by atoms with van der Waals surface area (Å²) in [4.78, 5) is 23.6. The quantitative estimate of drug-likeness (QED) is 0.349. The lowest BCUT2D eigenvalue weighted by Gasteiger charge is -2.51. The van der Waals surface area contributed by atoms with Gasteiger partial charge in [0.15, 0.2) is 23.5 Å². The molecular weight excluding hydrogens is 575 g/mol. The number of thioether (sulfide) groups is 1. The number of H-pyrrole nitrogens is 1. The Hall–Kier alpha value is -1.34. The van der Waals surface area contributed by atoms with Gasteiger partial charge >= 0.3 is 17.1 Å². The Bertz CT molecular complexity index is 1240. The number of nitrogen functional groups attached to an aromatic ring is 1. The van der Waals surface area contributed by atoms with Crippen molar-refractivity contribution >= 4 is 62.6 Å². The zero-order chi connectivity index (χ0) is 28.9. The number of hydrogen-bond donors (Lipinski definition) is 2. The number of rotatable bonds is 6. The monoisotopic (exact) mass is 615 g/mol. The van der Waals surface area contributed by atoms with Gasteiger partial charge in [-0.05, 0) is 40.6 Å². The molecule has 2 aromatic heterocycles. The molecule has 2 aromatic rings. The van der Waals surface area contributed by atoms with E-state index in [2.05, 4.69) is 70.3 Å². The van der Waals surface area contributed by atoms with Crippen LogP contribution in [0.5, 0.6) is 0 Å². The summed E-state index contributed by atoms with van der Waals surface area (Å²) in [5, 5.41) is 0. The van der Waals surface area contributed by atoms with E-state index in [9.17, 15) is 4.79 Å². The lowest BCUT2D eigenvalue weighted by molar-refractivity contribution is -0.0563. The third kappa shape index (κ3) is 5.36. The highest BCUT2D eigenvalue weighted by molar-refractivity contribution is 8.22. The summed E-state index contributed by atoms with van der Waals surface area (Å²) < 4.78 is 36.5. The van der Waals surface area contributed by atoms with Crippen molar-refractivity contribution < 1.29 is 22.4 Å². The number of anilines is 1. The average molecular weight is 616 g/mol. The van der Waals surface area contributed by atoms with Crippen LogP contribution in [0.4, 0.5) is 5.95 Å². The number of aromatic amines is 1. The third-order valence-electron chi connectivity index (χ3n) is 7.74. The molecular formula is C24H41N5O6S2Si2. The van der Waals surface area contributed by atoms with Crippen molar-refractivity contribution in [2.45, 2.75) is 102 Å². The first kappa shape index (κ1) is 30.6. The van der Waals surface area contributed by atoms with Gasteiger partial charge in [-0.3, -0.25) is 14.3 Å². The van der Waals surface area contributed by atoms with E-state index in [4.69, 9.17) is 40.4 Å². The number of ether oxygens (including phenoxy) is 2. The van der Waals surface area contributed by atoms with E-state index in [0.717, 1.165) is 0 Å². The summed E-state index contributed by atoms with van der Waals surface area (Å²) in [6, 6.07) is 0. The van der Waals surface area contributed by atoms with Crippen molar-refractivity contribution in [2.75, 3.05) is 18.6 Å². The Kier molecular flexibility index (Phi) is 9.03. The first-order valence-corrected chi connectivity index (χ1v) is 19.0. The summed E-state index contributed by atoms with van der Waals surface area (Å²) in [5.74, 6) is -0.0148. The number of nitrogens with zero attached hydrogens (tertiary/aromatic N) is 3. The fourth-order valence-corrected chi connectivity index (χ4v) is 17.3. The van der Waals surface area contributed by atoms with Crippen molar-refractivity contribution in [3.8, 4) is 0 Å². The van der Waals surface area contributed by atoms with Crippen molar-refractivity contribution in [2.24, 2.45) is 0 Å². The molecule has 39 heavy (non-hydrogen) atoms. The van der Waals surface area contributed by atoms with E-state index in [0.29, 0.717) is 10.0 Å². The zero-order valence-electron chi connectivity index (χ0n) is 24.1. The van der Waals surface area contributed by atoms with Crippen LogP contribution in [0.2, 0.25) is 22.2 Å². The Morgan fingerprint density at radius 1 is 1.15 bits per heavy atom. The number of aromatic nitrogens is 4. The lowest BCUT2D eigenvalue weighted by Crippen LogP contribution is -2.66. The van der Waals surface area contributed by atoms with Gasteiger partial charge in [0.25, 0.3) is 5.56 Å². The third-order valence-corrected chi connectivity index (χ3v) is 19.0. The minimum Gasteiger partial charge on any atom is -0.468 e. The van der Waals surface area contributed by atoms with Gasteiger partial charge in [-0.2, -0.15) is 4.98 Å². The second kappa shape index (κ2) is 11.5. The van der Waals surface area contributed by atoms with Gasteiger partial charge in [-0.1, -0.05) is 67.2 Å². The number of imidazole rings is 1. The highest BCUT2D eigenvalue weighted by atomic mass is 32.2. The first-order valence-electron chi connectivity index (χ1n) is 13.4. The van der Waals surface area contributed by atoms with Crippen LogP contribution in [-0.4, -0.2) is 72.2 Å². The predicted molar refractivity (Wildman–Crippen MR) is 161 cm³/mol. The molecule has 4 rings (SSSR count). The van der Waals surface area contributed by atoms with Crippen molar-refractivity contribution in [1.29, 1.82) is 0 Å². The van der Waals surface area contributed by atoms with Gasteiger partial charge in [0.1, 0.15) is 12.2 Å². The van der Waals surface area contributed by atoms with Crippen LogP contribution >= 0.6 is 24.0 Å². The number of nitrogens with two attached hydrogens (primary N) is 1. The molecule has 11 nitrogen and oxygen atoms in total. The normalized spacial score (nSPS) is 26.8. The molecule has 15 heteroatoms. The molecule has 4 atom stereocenters. The highest BCUT2D eigenvalue weighted by Gasteiger charge is 2.62. The second-order valence-corrected chi connectivity index (χ2v) is 21.7. The maximum Gasteiger partial charge on any atom is 0.335 e. The topological polar surface area (TPSA) is 136 Å². The summed E-state index contributed by atoms with van der Waals surface area (Å²) in [6.07, 6.45) is 0.947. The Balaban J connectivity index is 1.87. The van der Waals surface area contributed by atoms with Crippen LogP contribution in [0, 0.1) is 0 Å². The van der Waals surface area contributed by atoms with Crippen LogP contribution in [0.25, 0.3) is 11.2 Å². The minimum absolute atomic E-state index is 0.0148. The molecule has 0 aliphatic carbocycles. The van der Waals surface area contributed by atoms with E-state index >= 15 is 0 Å². The van der Waals surface area contributed by atoms with Crippen LogP contribution in [0.15, 0.2) is 11.1 Å². The lowest BCUT2D eigenvalue weighted by atomic mass is 10.1. The predicted octanol–water partition coefficient (Wildman–Crippen LogP) is 4.59. The summed E-state index contributed by atoms with van der Waals surface area (Å²) in [5.41, 5.74) is 6.56. The molecule has 0 unspecified atom stereocenters. The molecule has 2 aliphatic heterocycles. The SMILES string of the molecule is CSC(=S)O[C@@H]1[C@@H]2O[Si](C(C)C)(C(C)C)O[Si](C(C)C)(C(C)C)OC[C@H]2O[C@H]1n1cnc2c(=O)[nH]c(N)nc21. The van der Waals surface area contributed by atoms with E-state index < -0.39 is 47.2 Å². The van der Waals surface area contributed by atoms with Gasteiger partial charge in [0.05, 0.1) is 12.9 Å². The van der Waals surface area contributed by atoms with Gasteiger partial charge in [0, 0.05) is 0 Å². The Morgan fingerprint density at radius 2 is 1.77 bits per heavy atom. The van der Waals surface area contributed by atoms with Gasteiger partial charge in [-0.15, -0.1) is 0 Å². The van der Waals surface area contributed by atoms with E-state index in [1.54, 1.807) is 4.57 Å². The molecule has 2 aliphatic rings. The fourth-order valence-electron chi connectivity index (χ4n) is 5.76. The molecule has 0 aromatic carbocycles. The minimum atomic E-state index is -2.94. The van der Waals surface area contributed by atoms with Gasteiger partial charge < -0.3 is 28.2 Å². The van der Waals surface area contributed by atoms with Gasteiger partial charge in [-0.25, -0.2) is 4.98 Å². The summed E-state index contributed by atoms with van der Waals surface area (Å²) in [7, 11) is -5.70. The molecule has 4 heterocycles. The molecule has 218 valence electrons. The smallest absolute Gasteiger partial charge is 0.335 e. The first-order chi connectivity index (χ1) is 18.3. The molecule has 2 saturated heterocycles. The van der Waals surface area contributed by atoms with Crippen molar-refractivity contribution in [3.63, 3.8) is 0 Å². The van der Waals surface area contributed by atoms with Crippen LogP contribution in [0.3, 0.4) is 0 Å². The molecule has 0 spiro atoms. The van der Waals surface area contributed by atoms with E-state index in [1.165, 1.54) is 18.1 Å². The number of hydrogen-bond acceptors (Lipinski definition) is 11. The molecule has 3 N–H and O–H groups in total. The molecule has 0 bridgehead atoms. The number of thiocarbonyl (C=S) groups is 1. The molecule has 0 amide bonds. The van der Waals surface area contributed by atoms with Crippen LogP contribution in [-0.2, 0) is 22.4 Å². The standard InChI is InChI=1S/C24H41N5O6S2Si2/c1-12(2)38(13(3)4)31-10-16-18(34-39(35-38,14(5)6)15(7)8)19(33-24(36)37-9)22(32-16)29-11-26-17-20(29)27-23(25)28-21(17)30/h11-16,18-19,22H,10H2,1-9H3,(H3,25,27,28,30)/t16-,18-,19-,22-/m1/s1. The fraction of sp³-hybridized carbons (Fsp3) is 0.750. The summed E-state index contributed by atoms with van der Waals surface area (Å²) in [6.45, 7) is 17.7. The Labute approximate surface area is 241 Å². The maximum atomic E-state index is 12.5. The molecule has 2 fully saturated rings. The Morgan fingerprint density at radius 3 is 2.33 bits per heavy atom. The maximum absolute atomic E-state index is 12.5. The van der Waals surface area contributed by atoms with Gasteiger partial charge in [0.2, 0.25) is 10.3 Å². The summed E-state index contributed by atoms with van der Waals surface area (Å²) >= 11 is 6.83. The number of nitrogens with one attached hydrogen (secondary N) is 1. The van der Waals surface area contributed by atoms with Crippen LogP contribution in [0.1, 0.15) is 61.6 Å². The van der Waals surface area contributed by atoms with E-state index in [1.807, 2.05) is 6.26 Å². The zero-order valence-corrected chi connectivity index (χ0v) is 27.7. The largest absolute Gasteiger partial charge is 0.468 e. The number of fused-ring (bicyclic) bond motifs is 2. The average Bonchev–Trinajstić information content (AvgIpc) is 3.39. The van der Waals surface area contributed by atoms with E-state index in [-0.39, 0.29) is 40.2 Å². The second-order valence-electron chi connectivity index (χ2n) is 11.4. The van der Waals surface area contributed by atoms with Crippen molar-refractivity contribution in [1.82, 2.24) is 19.5 Å². The highest BCUT2D eigenvalue weighted by Crippen LogP contribution is 2.49. The molecule has 0 saturated carbocycles. The van der Waals surface area contributed by atoms with Crippen LogP contribution < -0.4 is 11.3 Å². The molecule has 0 radical (unpaired) electrons.